The first-order valence-corrected chi connectivity index (χ1v) is 4.13. The van der Waals surface area contributed by atoms with Gasteiger partial charge in [-0.05, 0) is 12.1 Å². The lowest BCUT2D eigenvalue weighted by atomic mass is 10.3. The molecule has 0 saturated carbocycles. The van der Waals surface area contributed by atoms with E-state index in [4.69, 9.17) is 0 Å². The van der Waals surface area contributed by atoms with Gasteiger partial charge in [0.05, 0.1) is 11.4 Å². The summed E-state index contributed by atoms with van der Waals surface area (Å²) in [5, 5.41) is 3.83. The van der Waals surface area contributed by atoms with Crippen molar-refractivity contribution in [1.29, 1.82) is 0 Å². The second kappa shape index (κ2) is 3.06. The van der Waals surface area contributed by atoms with Crippen molar-refractivity contribution < 1.29 is 0 Å². The molecule has 0 spiro atoms. The molecule has 0 aliphatic carbocycles. The molecule has 2 rings (SSSR count). The van der Waals surface area contributed by atoms with Crippen LogP contribution in [0, 0.1) is 0 Å². The van der Waals surface area contributed by atoms with Crippen LogP contribution in [0.15, 0.2) is 30.6 Å². The van der Waals surface area contributed by atoms with Gasteiger partial charge in [0.25, 0.3) is 0 Å². The van der Waals surface area contributed by atoms with Crippen LogP contribution in [0.4, 0.5) is 0 Å². The van der Waals surface area contributed by atoms with Crippen molar-refractivity contribution in [2.75, 3.05) is 14.1 Å². The van der Waals surface area contributed by atoms with Crippen molar-refractivity contribution in [2.45, 2.75) is 0 Å². The van der Waals surface area contributed by atoms with Gasteiger partial charge in [0.1, 0.15) is 0 Å². The molecule has 0 amide bonds. The van der Waals surface area contributed by atoms with Crippen LogP contribution in [0.25, 0.3) is 5.70 Å². The molecule has 4 nitrogen and oxygen atoms in total. The maximum atomic E-state index is 4.27. The van der Waals surface area contributed by atoms with E-state index >= 15 is 0 Å². The van der Waals surface area contributed by atoms with Gasteiger partial charge in [-0.25, -0.2) is 0 Å². The molecule has 1 aliphatic heterocycles. The summed E-state index contributed by atoms with van der Waals surface area (Å²) in [6.45, 7) is 0. The van der Waals surface area contributed by atoms with Crippen LogP contribution in [0.5, 0.6) is 0 Å². The topological polar surface area (TPSA) is 31.4 Å². The van der Waals surface area contributed by atoms with E-state index < -0.39 is 0 Å². The fourth-order valence-electron chi connectivity index (χ4n) is 1.34. The lowest BCUT2D eigenvalue weighted by molar-refractivity contribution is 0.199. The van der Waals surface area contributed by atoms with E-state index in [1.807, 2.05) is 48.5 Å². The molecule has 0 bridgehead atoms. The maximum absolute atomic E-state index is 4.27. The van der Waals surface area contributed by atoms with Crippen molar-refractivity contribution in [3.63, 3.8) is 0 Å². The fraction of sp³-hybridized carbons (Fsp3) is 0.222. The number of hydrazine groups is 2. The Kier molecular flexibility index (Phi) is 1.90. The van der Waals surface area contributed by atoms with E-state index in [2.05, 4.69) is 10.5 Å². The maximum Gasteiger partial charge on any atom is 0.0964 e. The van der Waals surface area contributed by atoms with Crippen molar-refractivity contribution in [1.82, 2.24) is 20.5 Å². The molecule has 0 fully saturated rings. The first-order valence-electron chi connectivity index (χ1n) is 4.13. The lowest BCUT2D eigenvalue weighted by Crippen LogP contribution is -2.35. The Morgan fingerprint density at radius 2 is 2.15 bits per heavy atom. The summed E-state index contributed by atoms with van der Waals surface area (Å²) in [5.41, 5.74) is 5.15. The molecule has 0 unspecified atom stereocenters. The van der Waals surface area contributed by atoms with E-state index in [9.17, 15) is 0 Å². The standard InChI is InChI=1S/C9H12N4/c1-12-7-9(13(2)11-12)8-5-3-4-6-10-8/h3-7,11H,1-2H3. The van der Waals surface area contributed by atoms with Crippen molar-refractivity contribution in [3.05, 3.63) is 36.3 Å². The van der Waals surface area contributed by atoms with Crippen LogP contribution >= 0.6 is 0 Å². The third-order valence-electron chi connectivity index (χ3n) is 1.91. The summed E-state index contributed by atoms with van der Waals surface area (Å²) in [6.07, 6.45) is 3.80. The highest BCUT2D eigenvalue weighted by Crippen LogP contribution is 2.17. The fourth-order valence-corrected chi connectivity index (χ4v) is 1.34. The van der Waals surface area contributed by atoms with Crippen molar-refractivity contribution in [3.8, 4) is 0 Å². The number of hydrogen-bond acceptors (Lipinski definition) is 4. The van der Waals surface area contributed by atoms with Crippen LogP contribution in [-0.4, -0.2) is 29.1 Å². The first-order chi connectivity index (χ1) is 6.27. The quantitative estimate of drug-likeness (QED) is 0.681. The van der Waals surface area contributed by atoms with Gasteiger partial charge in [-0.3, -0.25) is 15.0 Å². The molecule has 1 aromatic rings. The molecule has 1 N–H and O–H groups in total. The Bertz CT molecular complexity index is 320. The van der Waals surface area contributed by atoms with E-state index in [-0.39, 0.29) is 0 Å². The molecule has 4 heteroatoms. The van der Waals surface area contributed by atoms with Crippen LogP contribution in [0.3, 0.4) is 0 Å². The molecule has 68 valence electrons. The first kappa shape index (κ1) is 8.07. The van der Waals surface area contributed by atoms with E-state index in [1.165, 1.54) is 0 Å². The Labute approximate surface area is 77.4 Å². The van der Waals surface area contributed by atoms with Gasteiger partial charge in [0, 0.05) is 26.5 Å². The van der Waals surface area contributed by atoms with Crippen molar-refractivity contribution >= 4 is 5.70 Å². The normalized spacial score (nSPS) is 16.3. The minimum atomic E-state index is 0.974. The Hall–Kier alpha value is -1.55. The highest BCUT2D eigenvalue weighted by atomic mass is 15.8. The lowest BCUT2D eigenvalue weighted by Gasteiger charge is -2.16. The zero-order valence-corrected chi connectivity index (χ0v) is 7.73. The second-order valence-corrected chi connectivity index (χ2v) is 3.00. The number of nitrogens with zero attached hydrogens (tertiary/aromatic N) is 3. The predicted octanol–water partition coefficient (Wildman–Crippen LogP) is 0.677. The largest absolute Gasteiger partial charge is 0.299 e. The van der Waals surface area contributed by atoms with Gasteiger partial charge < -0.3 is 0 Å². The van der Waals surface area contributed by atoms with Crippen LogP contribution < -0.4 is 5.53 Å². The highest BCUT2D eigenvalue weighted by Gasteiger charge is 2.15. The molecule has 0 atom stereocenters. The van der Waals surface area contributed by atoms with E-state index in [0.717, 1.165) is 11.4 Å². The summed E-state index contributed by atoms with van der Waals surface area (Å²) in [5.74, 6) is 0. The molecule has 2 heterocycles. The summed E-state index contributed by atoms with van der Waals surface area (Å²) < 4.78 is 0. The molecule has 1 aliphatic rings. The smallest absolute Gasteiger partial charge is 0.0964 e. The number of hydrogen-bond donors (Lipinski definition) is 1. The van der Waals surface area contributed by atoms with Gasteiger partial charge in [-0.1, -0.05) is 6.07 Å². The Balaban J connectivity index is 2.32. The molecule has 13 heavy (non-hydrogen) atoms. The zero-order valence-electron chi connectivity index (χ0n) is 7.73. The molecule has 0 radical (unpaired) electrons. The van der Waals surface area contributed by atoms with Crippen LogP contribution in [-0.2, 0) is 0 Å². The molecule has 0 aromatic carbocycles. The minimum Gasteiger partial charge on any atom is -0.299 e. The van der Waals surface area contributed by atoms with Gasteiger partial charge in [0.2, 0.25) is 0 Å². The summed E-state index contributed by atoms with van der Waals surface area (Å²) in [4.78, 5) is 4.27. The summed E-state index contributed by atoms with van der Waals surface area (Å²) in [7, 11) is 3.91. The average Bonchev–Trinajstić information content (AvgIpc) is 2.47. The monoisotopic (exact) mass is 176 g/mol. The minimum absolute atomic E-state index is 0.974. The zero-order chi connectivity index (χ0) is 9.26. The van der Waals surface area contributed by atoms with E-state index in [1.54, 1.807) is 6.20 Å². The summed E-state index contributed by atoms with van der Waals surface area (Å²) >= 11 is 0. The Morgan fingerprint density at radius 3 is 2.69 bits per heavy atom. The summed E-state index contributed by atoms with van der Waals surface area (Å²) in [6, 6.07) is 5.88. The molecule has 0 saturated heterocycles. The van der Waals surface area contributed by atoms with Gasteiger partial charge in [-0.2, -0.15) is 0 Å². The highest BCUT2D eigenvalue weighted by molar-refractivity contribution is 5.60. The third-order valence-corrected chi connectivity index (χ3v) is 1.91. The average molecular weight is 176 g/mol. The number of rotatable bonds is 1. The van der Waals surface area contributed by atoms with Crippen LogP contribution in [0.2, 0.25) is 0 Å². The SMILES string of the molecule is CN1C=C(c2ccccn2)N(C)N1. The van der Waals surface area contributed by atoms with Gasteiger partial charge in [-0.15, -0.1) is 5.53 Å². The predicted molar refractivity (Wildman–Crippen MR) is 50.9 cm³/mol. The van der Waals surface area contributed by atoms with Crippen LogP contribution in [0.1, 0.15) is 5.69 Å². The van der Waals surface area contributed by atoms with Gasteiger partial charge in [0.15, 0.2) is 0 Å². The number of nitrogens with one attached hydrogen (secondary N) is 1. The Morgan fingerprint density at radius 1 is 1.31 bits per heavy atom. The van der Waals surface area contributed by atoms with Crippen molar-refractivity contribution in [2.24, 2.45) is 0 Å². The molecule has 1 aromatic heterocycles. The number of pyridine rings is 1. The third kappa shape index (κ3) is 1.48. The second-order valence-electron chi connectivity index (χ2n) is 3.00. The molecular weight excluding hydrogens is 164 g/mol. The molecular formula is C9H12N4. The van der Waals surface area contributed by atoms with E-state index in [0.29, 0.717) is 0 Å². The number of aromatic nitrogens is 1. The van der Waals surface area contributed by atoms with Gasteiger partial charge >= 0.3 is 0 Å².